The quantitative estimate of drug-likeness (QED) is 0.609. The molecule has 0 aliphatic rings. The number of halogens is 2. The number of hydrogen-bond donors (Lipinski definition) is 0. The van der Waals surface area contributed by atoms with E-state index in [1.165, 1.54) is 0 Å². The molecule has 0 fully saturated rings. The summed E-state index contributed by atoms with van der Waals surface area (Å²) >= 11 is 10.1. The molecular weight excluding hydrogens is 340 g/mol. The zero-order valence-electron chi connectivity index (χ0n) is 13.1. The Hall–Kier alpha value is -0.410. The number of ether oxygens (including phenoxy) is 2. The van der Waals surface area contributed by atoms with Crippen molar-refractivity contribution >= 4 is 27.5 Å². The topological polar surface area (TPSA) is 18.5 Å². The summed E-state index contributed by atoms with van der Waals surface area (Å²) in [6, 6.07) is 3.90. The van der Waals surface area contributed by atoms with E-state index in [1.807, 2.05) is 12.1 Å². The summed E-state index contributed by atoms with van der Waals surface area (Å²) in [5.41, 5.74) is 1.34. The van der Waals surface area contributed by atoms with Crippen LogP contribution in [0.3, 0.4) is 0 Å². The van der Waals surface area contributed by atoms with Crippen molar-refractivity contribution in [3.05, 3.63) is 22.7 Å². The molecule has 0 saturated heterocycles. The minimum absolute atomic E-state index is 0.204. The maximum atomic E-state index is 6.31. The summed E-state index contributed by atoms with van der Waals surface area (Å²) in [5.74, 6) is 1.89. The van der Waals surface area contributed by atoms with Crippen LogP contribution in [0.5, 0.6) is 11.5 Å². The number of benzene rings is 1. The fourth-order valence-corrected chi connectivity index (χ4v) is 3.20. The maximum absolute atomic E-state index is 6.31. The third kappa shape index (κ3) is 4.05. The largest absolute Gasteiger partial charge is 0.495 e. The third-order valence-corrected chi connectivity index (χ3v) is 5.12. The van der Waals surface area contributed by atoms with E-state index in [4.69, 9.17) is 21.1 Å². The van der Waals surface area contributed by atoms with E-state index in [1.54, 1.807) is 14.2 Å². The molecule has 0 aromatic heterocycles. The van der Waals surface area contributed by atoms with Gasteiger partial charge in [0, 0.05) is 10.4 Å². The molecule has 0 heterocycles. The molecule has 0 aliphatic carbocycles. The Labute approximate surface area is 135 Å². The van der Waals surface area contributed by atoms with Crippen LogP contribution in [-0.4, -0.2) is 14.2 Å². The van der Waals surface area contributed by atoms with E-state index in [0.29, 0.717) is 22.4 Å². The van der Waals surface area contributed by atoms with Crippen LogP contribution >= 0.6 is 27.5 Å². The van der Waals surface area contributed by atoms with Crippen molar-refractivity contribution in [2.45, 2.75) is 38.9 Å². The fourth-order valence-electron chi connectivity index (χ4n) is 1.96. The lowest BCUT2D eigenvalue weighted by Crippen LogP contribution is -2.18. The van der Waals surface area contributed by atoms with Crippen LogP contribution in [-0.2, 0) is 0 Å². The minimum Gasteiger partial charge on any atom is -0.495 e. The van der Waals surface area contributed by atoms with Crippen LogP contribution in [0.1, 0.15) is 44.5 Å². The van der Waals surface area contributed by atoms with Crippen molar-refractivity contribution in [2.75, 3.05) is 14.2 Å². The predicted octanol–water partition coefficient (Wildman–Crippen LogP) is 5.87. The molecule has 2 atom stereocenters. The summed E-state index contributed by atoms with van der Waals surface area (Å²) < 4.78 is 10.7. The van der Waals surface area contributed by atoms with E-state index in [2.05, 4.69) is 43.6 Å². The second-order valence-electron chi connectivity index (χ2n) is 6.17. The van der Waals surface area contributed by atoms with Gasteiger partial charge >= 0.3 is 0 Å². The Morgan fingerprint density at radius 3 is 2.25 bits per heavy atom. The van der Waals surface area contributed by atoms with Crippen LogP contribution in [0.2, 0.25) is 5.02 Å². The van der Waals surface area contributed by atoms with Crippen LogP contribution in [0, 0.1) is 11.3 Å². The Kier molecular flexibility index (Phi) is 6.21. The average Bonchev–Trinajstić information content (AvgIpc) is 2.36. The molecule has 0 spiro atoms. The van der Waals surface area contributed by atoms with Crippen molar-refractivity contribution < 1.29 is 9.47 Å². The van der Waals surface area contributed by atoms with Gasteiger partial charge in [0.25, 0.3) is 0 Å². The molecule has 0 radical (unpaired) electrons. The molecule has 2 unspecified atom stereocenters. The summed E-state index contributed by atoms with van der Waals surface area (Å²) in [6.07, 6.45) is 1.02. The second-order valence-corrected chi connectivity index (χ2v) is 7.66. The SMILES string of the molecule is COc1ccc(C(Br)CC(C)C(C)(C)C)c(OC)c1Cl. The molecule has 4 heteroatoms. The zero-order chi connectivity index (χ0) is 15.5. The predicted molar refractivity (Wildman–Crippen MR) is 89.5 cm³/mol. The van der Waals surface area contributed by atoms with Crippen molar-refractivity contribution in [1.29, 1.82) is 0 Å². The highest BCUT2D eigenvalue weighted by molar-refractivity contribution is 9.09. The molecule has 20 heavy (non-hydrogen) atoms. The van der Waals surface area contributed by atoms with Crippen molar-refractivity contribution in [3.63, 3.8) is 0 Å². The Bertz CT molecular complexity index is 455. The van der Waals surface area contributed by atoms with Crippen molar-refractivity contribution in [2.24, 2.45) is 11.3 Å². The highest BCUT2D eigenvalue weighted by Crippen LogP contribution is 2.45. The van der Waals surface area contributed by atoms with Gasteiger partial charge in [-0.1, -0.05) is 61.3 Å². The molecule has 0 N–H and O–H groups in total. The molecule has 0 amide bonds. The Morgan fingerprint density at radius 1 is 1.20 bits per heavy atom. The Balaban J connectivity index is 3.04. The second kappa shape index (κ2) is 7.04. The van der Waals surface area contributed by atoms with Gasteiger partial charge in [-0.15, -0.1) is 0 Å². The molecule has 1 aromatic rings. The van der Waals surface area contributed by atoms with Gasteiger partial charge in [-0.3, -0.25) is 0 Å². The smallest absolute Gasteiger partial charge is 0.145 e. The van der Waals surface area contributed by atoms with E-state index in [9.17, 15) is 0 Å². The van der Waals surface area contributed by atoms with Gasteiger partial charge in [0.05, 0.1) is 14.2 Å². The van der Waals surface area contributed by atoms with Crippen LogP contribution in [0.25, 0.3) is 0 Å². The van der Waals surface area contributed by atoms with Crippen LogP contribution < -0.4 is 9.47 Å². The number of methoxy groups -OCH3 is 2. The van der Waals surface area contributed by atoms with Gasteiger partial charge in [-0.05, 0) is 23.8 Å². The highest BCUT2D eigenvalue weighted by Gasteiger charge is 2.26. The first-order valence-electron chi connectivity index (χ1n) is 6.76. The van der Waals surface area contributed by atoms with Crippen molar-refractivity contribution in [3.8, 4) is 11.5 Å². The van der Waals surface area contributed by atoms with Crippen LogP contribution in [0.15, 0.2) is 12.1 Å². The lowest BCUT2D eigenvalue weighted by atomic mass is 9.79. The summed E-state index contributed by atoms with van der Waals surface area (Å²) in [4.78, 5) is 0.204. The summed E-state index contributed by atoms with van der Waals surface area (Å²) in [7, 11) is 3.24. The number of alkyl halides is 1. The molecular formula is C16H24BrClO2. The van der Waals surface area contributed by atoms with E-state index >= 15 is 0 Å². The number of rotatable bonds is 5. The van der Waals surface area contributed by atoms with Gasteiger partial charge in [-0.2, -0.15) is 0 Å². The Morgan fingerprint density at radius 2 is 1.80 bits per heavy atom. The first-order chi connectivity index (χ1) is 9.22. The molecule has 0 aliphatic heterocycles. The van der Waals surface area contributed by atoms with Gasteiger partial charge < -0.3 is 9.47 Å². The molecule has 1 aromatic carbocycles. The normalized spacial score (nSPS) is 14.8. The highest BCUT2D eigenvalue weighted by atomic mass is 79.9. The standard InChI is InChI=1S/C16H24BrClO2/c1-10(16(2,3)4)9-12(17)11-7-8-13(19-5)14(18)15(11)20-6/h7-8,10,12H,9H2,1-6H3. The first kappa shape index (κ1) is 17.6. The van der Waals surface area contributed by atoms with E-state index in [-0.39, 0.29) is 10.2 Å². The molecule has 0 bridgehead atoms. The molecule has 2 nitrogen and oxygen atoms in total. The molecule has 1 rings (SSSR count). The van der Waals surface area contributed by atoms with Gasteiger partial charge in [-0.25, -0.2) is 0 Å². The maximum Gasteiger partial charge on any atom is 0.145 e. The van der Waals surface area contributed by atoms with Gasteiger partial charge in [0.15, 0.2) is 0 Å². The molecule has 0 saturated carbocycles. The lowest BCUT2D eigenvalue weighted by molar-refractivity contribution is 0.246. The minimum atomic E-state index is 0.204. The van der Waals surface area contributed by atoms with Gasteiger partial charge in [0.2, 0.25) is 0 Å². The molecule has 114 valence electrons. The van der Waals surface area contributed by atoms with E-state index < -0.39 is 0 Å². The van der Waals surface area contributed by atoms with E-state index in [0.717, 1.165) is 12.0 Å². The third-order valence-electron chi connectivity index (χ3n) is 3.89. The summed E-state index contributed by atoms with van der Waals surface area (Å²) in [5, 5.41) is 0.528. The fraction of sp³-hybridized carbons (Fsp3) is 0.625. The average molecular weight is 364 g/mol. The first-order valence-corrected chi connectivity index (χ1v) is 8.06. The monoisotopic (exact) mass is 362 g/mol. The van der Waals surface area contributed by atoms with Crippen LogP contribution in [0.4, 0.5) is 0 Å². The van der Waals surface area contributed by atoms with Gasteiger partial charge in [0.1, 0.15) is 16.5 Å². The van der Waals surface area contributed by atoms with Crippen molar-refractivity contribution in [1.82, 2.24) is 0 Å². The number of hydrogen-bond acceptors (Lipinski definition) is 2. The zero-order valence-corrected chi connectivity index (χ0v) is 15.4. The summed E-state index contributed by atoms with van der Waals surface area (Å²) in [6.45, 7) is 9.05. The lowest BCUT2D eigenvalue weighted by Gasteiger charge is -2.29.